The first-order chi connectivity index (χ1) is 12.2. The fourth-order valence-electron chi connectivity index (χ4n) is 1.53. The standard InChI is InChI=1S/C11H24O.4Na.2O5P2/c1-2-3-4-5-6-7-8-9-10-11-12;;;;;2*1-6(2)5-7(3)4/h12H,2-11H2,1H3;;;;;;/q;4*+1;;. The molecule has 0 saturated carbocycles. The number of hydrogen-bond acceptors (Lipinski definition) is 11. The van der Waals surface area contributed by atoms with Crippen molar-refractivity contribution in [2.45, 2.75) is 64.7 Å². The molecule has 0 bridgehead atoms. The Hall–Kier alpha value is 4.12. The molecular weight excluding hydrogens is 524 g/mol. The SMILES string of the molecule is CCCCCCCCCCCO.O=[P+]([O-])O[P+](=O)[O-].O=[P+]([O-])O[P+](=O)[O-].[Na+].[Na+].[Na+].[Na+]. The molecule has 0 aromatic carbocycles. The normalized spacial score (nSPS) is 10.5. The van der Waals surface area contributed by atoms with Crippen molar-refractivity contribution in [3.8, 4) is 0 Å². The molecule has 0 rings (SSSR count). The van der Waals surface area contributed by atoms with Gasteiger partial charge in [-0.05, 0) is 24.7 Å². The fraction of sp³-hybridized carbons (Fsp3) is 1.00. The van der Waals surface area contributed by atoms with E-state index in [4.69, 9.17) is 5.11 Å². The quantitative estimate of drug-likeness (QED) is 0.130. The average Bonchev–Trinajstić information content (AvgIpc) is 2.48. The predicted octanol–water partition coefficient (Wildman–Crippen LogP) is -10.4. The van der Waals surface area contributed by atoms with Crippen LogP contribution in [0.1, 0.15) is 64.7 Å². The average molecular weight is 548 g/mol. The van der Waals surface area contributed by atoms with Gasteiger partial charge in [-0.1, -0.05) is 58.3 Å². The molecule has 0 fully saturated rings. The Bertz CT molecular complexity index is 351. The van der Waals surface area contributed by atoms with Crippen molar-refractivity contribution < 1.29 is 170 Å². The molecule has 0 aromatic rings. The van der Waals surface area contributed by atoms with Crippen LogP contribution < -0.4 is 138 Å². The molecular formula is C11H24Na4O11P4+4. The Balaban J connectivity index is -0.0000000521. The maximum atomic E-state index is 9.24. The van der Waals surface area contributed by atoms with Crippen LogP contribution in [0.15, 0.2) is 0 Å². The summed E-state index contributed by atoms with van der Waals surface area (Å²) < 4.78 is 43.3. The Morgan fingerprint density at radius 1 is 0.567 bits per heavy atom. The van der Waals surface area contributed by atoms with Crippen molar-refractivity contribution >= 4 is 33.0 Å². The molecule has 11 nitrogen and oxygen atoms in total. The van der Waals surface area contributed by atoms with Crippen LogP contribution in [-0.4, -0.2) is 11.7 Å². The van der Waals surface area contributed by atoms with Crippen LogP contribution >= 0.6 is 33.0 Å². The fourth-order valence-corrected chi connectivity index (χ4v) is 2.40. The molecule has 0 aliphatic rings. The summed E-state index contributed by atoms with van der Waals surface area (Å²) in [7, 11) is -12.9. The third-order valence-corrected chi connectivity index (χ3v) is 4.66. The molecule has 0 spiro atoms. The number of unbranched alkanes of at least 4 members (excludes halogenated alkanes) is 8. The maximum Gasteiger partial charge on any atom is 1.00 e. The van der Waals surface area contributed by atoms with Gasteiger partial charge in [-0.15, -0.1) is 0 Å². The summed E-state index contributed by atoms with van der Waals surface area (Å²) in [5.41, 5.74) is 0. The van der Waals surface area contributed by atoms with E-state index in [0.717, 1.165) is 6.42 Å². The summed E-state index contributed by atoms with van der Waals surface area (Å²) in [6.07, 6.45) is 11.8. The van der Waals surface area contributed by atoms with E-state index in [1.807, 2.05) is 0 Å². The number of aliphatic hydroxyl groups excluding tert-OH is 1. The van der Waals surface area contributed by atoms with E-state index < -0.39 is 33.0 Å². The van der Waals surface area contributed by atoms with E-state index in [9.17, 15) is 37.8 Å². The first kappa shape index (κ1) is 50.9. The summed E-state index contributed by atoms with van der Waals surface area (Å²) in [5.74, 6) is 0. The van der Waals surface area contributed by atoms with Crippen LogP contribution in [0.3, 0.4) is 0 Å². The third-order valence-electron chi connectivity index (χ3n) is 2.53. The van der Waals surface area contributed by atoms with Crippen molar-refractivity contribution in [3.63, 3.8) is 0 Å². The zero-order chi connectivity index (χ0) is 20.8. The van der Waals surface area contributed by atoms with E-state index in [-0.39, 0.29) is 118 Å². The largest absolute Gasteiger partial charge is 1.00 e. The minimum atomic E-state index is -3.24. The summed E-state index contributed by atoms with van der Waals surface area (Å²) in [4.78, 5) is 37.0. The topological polar surface area (TPSA) is 199 Å². The van der Waals surface area contributed by atoms with Crippen LogP contribution in [-0.2, 0) is 26.9 Å². The van der Waals surface area contributed by atoms with E-state index in [0.29, 0.717) is 6.61 Å². The van der Waals surface area contributed by atoms with Crippen molar-refractivity contribution in [1.82, 2.24) is 0 Å². The van der Waals surface area contributed by atoms with Gasteiger partial charge in [-0.3, -0.25) is 0 Å². The summed E-state index contributed by atoms with van der Waals surface area (Å²) in [5, 5.41) is 8.54. The molecule has 4 unspecified atom stereocenters. The van der Waals surface area contributed by atoms with Crippen LogP contribution in [0, 0.1) is 0 Å². The zero-order valence-corrected chi connectivity index (χ0v) is 30.0. The van der Waals surface area contributed by atoms with Crippen molar-refractivity contribution in [2.75, 3.05) is 6.61 Å². The minimum absolute atomic E-state index is 0. The Labute approximate surface area is 270 Å². The smallest absolute Gasteiger partial charge is 0.563 e. The number of rotatable bonds is 13. The Kier molecular flexibility index (Phi) is 73.3. The van der Waals surface area contributed by atoms with Gasteiger partial charge in [-0.25, -0.2) is 0 Å². The van der Waals surface area contributed by atoms with E-state index >= 15 is 0 Å². The molecule has 30 heavy (non-hydrogen) atoms. The van der Waals surface area contributed by atoms with Gasteiger partial charge in [0.2, 0.25) is 0 Å². The second-order valence-corrected chi connectivity index (χ2v) is 7.71. The molecule has 0 heterocycles. The monoisotopic (exact) mass is 548 g/mol. The summed E-state index contributed by atoms with van der Waals surface area (Å²) >= 11 is 0. The second-order valence-electron chi connectivity index (χ2n) is 4.61. The zero-order valence-electron chi connectivity index (χ0n) is 18.4. The second kappa shape index (κ2) is 43.2. The van der Waals surface area contributed by atoms with Gasteiger partial charge in [0.1, 0.15) is 8.62 Å². The van der Waals surface area contributed by atoms with Gasteiger partial charge in [0, 0.05) is 6.61 Å². The molecule has 0 aliphatic heterocycles. The summed E-state index contributed by atoms with van der Waals surface area (Å²) in [6, 6.07) is 0. The van der Waals surface area contributed by atoms with Crippen LogP contribution in [0.4, 0.5) is 0 Å². The van der Waals surface area contributed by atoms with Crippen molar-refractivity contribution in [3.05, 3.63) is 0 Å². The summed E-state index contributed by atoms with van der Waals surface area (Å²) in [6.45, 7) is 2.62. The molecule has 0 amide bonds. The molecule has 4 atom stereocenters. The van der Waals surface area contributed by atoms with Gasteiger partial charge in [-0.2, -0.15) is 0 Å². The third kappa shape index (κ3) is 69.7. The van der Waals surface area contributed by atoms with Gasteiger partial charge < -0.3 is 24.7 Å². The maximum absolute atomic E-state index is 9.24. The molecule has 1 N–H and O–H groups in total. The molecule has 0 radical (unpaired) electrons. The van der Waals surface area contributed by atoms with Crippen LogP contribution in [0.25, 0.3) is 0 Å². The van der Waals surface area contributed by atoms with Crippen LogP contribution in [0.5, 0.6) is 0 Å². The molecule has 0 aliphatic carbocycles. The van der Waals surface area contributed by atoms with E-state index in [1.54, 1.807) is 0 Å². The van der Waals surface area contributed by atoms with E-state index in [1.165, 1.54) is 51.4 Å². The van der Waals surface area contributed by atoms with Gasteiger partial charge >= 0.3 is 151 Å². The number of hydrogen-bond donors (Lipinski definition) is 1. The first-order valence-corrected chi connectivity index (χ1v) is 12.1. The van der Waals surface area contributed by atoms with Gasteiger partial charge in [0.15, 0.2) is 0 Å². The molecule has 0 saturated heterocycles. The van der Waals surface area contributed by atoms with E-state index in [2.05, 4.69) is 15.5 Å². The first-order valence-electron chi connectivity index (χ1n) is 7.71. The molecule has 0 aromatic heterocycles. The van der Waals surface area contributed by atoms with Crippen molar-refractivity contribution in [1.29, 1.82) is 0 Å². The van der Waals surface area contributed by atoms with Gasteiger partial charge in [0.25, 0.3) is 0 Å². The molecule has 19 heteroatoms. The molecule has 154 valence electrons. The minimum Gasteiger partial charge on any atom is -0.563 e. The Morgan fingerprint density at radius 3 is 0.967 bits per heavy atom. The number of aliphatic hydroxyl groups is 1. The Morgan fingerprint density at radius 2 is 0.800 bits per heavy atom. The van der Waals surface area contributed by atoms with Crippen LogP contribution in [0.2, 0.25) is 0 Å². The predicted molar refractivity (Wildman–Crippen MR) is 86.9 cm³/mol. The van der Waals surface area contributed by atoms with Crippen molar-refractivity contribution in [2.24, 2.45) is 0 Å². The van der Waals surface area contributed by atoms with Gasteiger partial charge in [0.05, 0.1) is 0 Å².